The van der Waals surface area contributed by atoms with Crippen molar-refractivity contribution in [3.63, 3.8) is 0 Å². The molecular weight excluding hydrogens is 252 g/mol. The van der Waals surface area contributed by atoms with Gasteiger partial charge in [0.25, 0.3) is 0 Å². The van der Waals surface area contributed by atoms with Gasteiger partial charge < -0.3 is 15.9 Å². The standard InChI is InChI=1S/C13H15ClN2O2/c14-6-5-11(17)12(18)10-7-16-13(15)9-4-2-1-3-8(9)10/h1-4,7,11-12,17-18H,5-6H2,(H2,15,16). The van der Waals surface area contributed by atoms with Gasteiger partial charge in [0, 0.05) is 23.0 Å². The molecule has 4 nitrogen and oxygen atoms in total. The van der Waals surface area contributed by atoms with E-state index in [1.54, 1.807) is 0 Å². The van der Waals surface area contributed by atoms with Crippen molar-refractivity contribution < 1.29 is 10.2 Å². The molecule has 1 aromatic heterocycles. The van der Waals surface area contributed by atoms with Crippen LogP contribution in [0.4, 0.5) is 5.82 Å². The smallest absolute Gasteiger partial charge is 0.131 e. The number of nitrogens with zero attached hydrogens (tertiary/aromatic N) is 1. The average Bonchev–Trinajstić information content (AvgIpc) is 2.39. The van der Waals surface area contributed by atoms with Gasteiger partial charge in [0.2, 0.25) is 0 Å². The van der Waals surface area contributed by atoms with Gasteiger partial charge >= 0.3 is 0 Å². The van der Waals surface area contributed by atoms with E-state index in [-0.39, 0.29) is 0 Å². The molecule has 0 amide bonds. The number of hydrogen-bond acceptors (Lipinski definition) is 4. The van der Waals surface area contributed by atoms with Crippen LogP contribution in [0.25, 0.3) is 10.8 Å². The predicted molar refractivity (Wildman–Crippen MR) is 72.5 cm³/mol. The summed E-state index contributed by atoms with van der Waals surface area (Å²) in [6.07, 6.45) is -0.0978. The van der Waals surface area contributed by atoms with Crippen molar-refractivity contribution in [1.29, 1.82) is 0 Å². The van der Waals surface area contributed by atoms with Gasteiger partial charge in [-0.2, -0.15) is 0 Å². The Kier molecular flexibility index (Phi) is 4.01. The normalized spacial score (nSPS) is 14.6. The molecule has 18 heavy (non-hydrogen) atoms. The number of aliphatic hydroxyl groups excluding tert-OH is 2. The van der Waals surface area contributed by atoms with E-state index in [1.807, 2.05) is 24.3 Å². The first kappa shape index (κ1) is 13.1. The van der Waals surface area contributed by atoms with E-state index in [0.29, 0.717) is 23.7 Å². The summed E-state index contributed by atoms with van der Waals surface area (Å²) in [5.74, 6) is 0.701. The number of nitrogen functional groups attached to an aromatic ring is 1. The van der Waals surface area contributed by atoms with Crippen LogP contribution < -0.4 is 5.73 Å². The second-order valence-electron chi connectivity index (χ2n) is 4.13. The molecule has 4 N–H and O–H groups in total. The Bertz CT molecular complexity index is 548. The van der Waals surface area contributed by atoms with Gasteiger partial charge in [-0.15, -0.1) is 11.6 Å². The highest BCUT2D eigenvalue weighted by Gasteiger charge is 2.20. The molecule has 0 spiro atoms. The number of nitrogens with two attached hydrogens (primary N) is 1. The highest BCUT2D eigenvalue weighted by atomic mass is 35.5. The molecule has 2 aromatic rings. The van der Waals surface area contributed by atoms with E-state index in [9.17, 15) is 10.2 Å². The molecule has 5 heteroatoms. The van der Waals surface area contributed by atoms with E-state index >= 15 is 0 Å². The topological polar surface area (TPSA) is 79.4 Å². The molecule has 1 aromatic carbocycles. The molecule has 0 saturated heterocycles. The first-order valence-electron chi connectivity index (χ1n) is 5.70. The maximum absolute atomic E-state index is 10.1. The van der Waals surface area contributed by atoms with Crippen molar-refractivity contribution in [2.45, 2.75) is 18.6 Å². The van der Waals surface area contributed by atoms with Crippen molar-refractivity contribution in [3.8, 4) is 0 Å². The lowest BCUT2D eigenvalue weighted by molar-refractivity contribution is 0.0177. The van der Waals surface area contributed by atoms with Crippen molar-refractivity contribution >= 4 is 28.2 Å². The van der Waals surface area contributed by atoms with E-state index in [4.69, 9.17) is 17.3 Å². The fraction of sp³-hybridized carbons (Fsp3) is 0.308. The van der Waals surface area contributed by atoms with Gasteiger partial charge in [-0.05, 0) is 11.8 Å². The Hall–Kier alpha value is -1.36. The van der Waals surface area contributed by atoms with Crippen LogP contribution in [0.15, 0.2) is 30.5 Å². The summed E-state index contributed by atoms with van der Waals surface area (Å²) in [6.45, 7) is 0. The second kappa shape index (κ2) is 5.52. The van der Waals surface area contributed by atoms with Crippen LogP contribution >= 0.6 is 11.6 Å². The number of hydrogen-bond donors (Lipinski definition) is 3. The number of anilines is 1. The van der Waals surface area contributed by atoms with Gasteiger partial charge in [0.15, 0.2) is 0 Å². The van der Waals surface area contributed by atoms with Crippen LogP contribution in [0.3, 0.4) is 0 Å². The number of aromatic nitrogens is 1. The number of fused-ring (bicyclic) bond motifs is 1. The first-order valence-corrected chi connectivity index (χ1v) is 6.23. The number of alkyl halides is 1. The van der Waals surface area contributed by atoms with Crippen molar-refractivity contribution in [1.82, 2.24) is 4.98 Å². The predicted octanol–water partition coefficient (Wildman–Crippen LogP) is 1.84. The van der Waals surface area contributed by atoms with Crippen LogP contribution in [0, 0.1) is 0 Å². The van der Waals surface area contributed by atoms with Gasteiger partial charge in [0.05, 0.1) is 6.10 Å². The van der Waals surface area contributed by atoms with Gasteiger partial charge in [-0.3, -0.25) is 0 Å². The highest BCUT2D eigenvalue weighted by Crippen LogP contribution is 2.29. The molecule has 0 bridgehead atoms. The highest BCUT2D eigenvalue weighted by molar-refractivity contribution is 6.17. The summed E-state index contributed by atoms with van der Waals surface area (Å²) in [7, 11) is 0. The zero-order chi connectivity index (χ0) is 13.1. The summed E-state index contributed by atoms with van der Waals surface area (Å²) in [5, 5.41) is 21.5. The van der Waals surface area contributed by atoms with Crippen molar-refractivity contribution in [2.24, 2.45) is 0 Å². The zero-order valence-electron chi connectivity index (χ0n) is 9.75. The lowest BCUT2D eigenvalue weighted by Crippen LogP contribution is -2.19. The molecule has 0 aliphatic rings. The van der Waals surface area contributed by atoms with Crippen LogP contribution in [0.5, 0.6) is 0 Å². The molecule has 96 valence electrons. The molecule has 0 aliphatic heterocycles. The molecule has 2 unspecified atom stereocenters. The zero-order valence-corrected chi connectivity index (χ0v) is 10.5. The van der Waals surface area contributed by atoms with Gasteiger partial charge in [-0.1, -0.05) is 24.3 Å². The minimum absolute atomic E-state index is 0.290. The van der Waals surface area contributed by atoms with E-state index in [2.05, 4.69) is 4.98 Å². The second-order valence-corrected chi connectivity index (χ2v) is 4.51. The fourth-order valence-electron chi connectivity index (χ4n) is 1.95. The maximum Gasteiger partial charge on any atom is 0.131 e. The average molecular weight is 267 g/mol. The van der Waals surface area contributed by atoms with Gasteiger partial charge in [-0.25, -0.2) is 4.98 Å². The Balaban J connectivity index is 2.48. The fourth-order valence-corrected chi connectivity index (χ4v) is 2.17. The van der Waals surface area contributed by atoms with Crippen LogP contribution in [-0.4, -0.2) is 27.2 Å². The lowest BCUT2D eigenvalue weighted by atomic mass is 9.98. The monoisotopic (exact) mass is 266 g/mol. The molecule has 0 radical (unpaired) electrons. The number of aliphatic hydroxyl groups is 2. The summed E-state index contributed by atoms with van der Waals surface area (Å²) in [6, 6.07) is 7.39. The summed E-state index contributed by atoms with van der Waals surface area (Å²) in [4.78, 5) is 4.04. The molecule has 2 atom stereocenters. The maximum atomic E-state index is 10.1. The third kappa shape index (κ3) is 2.41. The molecule has 0 saturated carbocycles. The number of benzene rings is 1. The van der Waals surface area contributed by atoms with E-state index in [1.165, 1.54) is 6.20 Å². The third-order valence-electron chi connectivity index (χ3n) is 2.94. The molecule has 2 rings (SSSR count). The molecule has 0 fully saturated rings. The third-order valence-corrected chi connectivity index (χ3v) is 3.16. The first-order chi connectivity index (χ1) is 8.65. The minimum Gasteiger partial charge on any atom is -0.390 e. The molecular formula is C13H15ClN2O2. The van der Waals surface area contributed by atoms with Crippen molar-refractivity contribution in [3.05, 3.63) is 36.0 Å². The Labute approximate surface area is 110 Å². The molecule has 0 aliphatic carbocycles. The molecule has 1 heterocycles. The number of pyridine rings is 1. The summed E-state index contributed by atoms with van der Waals surface area (Å²) >= 11 is 5.56. The minimum atomic E-state index is -1.01. The Morgan fingerprint density at radius 1 is 1.22 bits per heavy atom. The Morgan fingerprint density at radius 2 is 1.89 bits per heavy atom. The van der Waals surface area contributed by atoms with Crippen molar-refractivity contribution in [2.75, 3.05) is 11.6 Å². The van der Waals surface area contributed by atoms with Gasteiger partial charge in [0.1, 0.15) is 11.9 Å². The SMILES string of the molecule is Nc1ncc(C(O)C(O)CCCl)c2ccccc12. The van der Waals surface area contributed by atoms with Crippen LogP contribution in [0.1, 0.15) is 18.1 Å². The number of halogens is 1. The van der Waals surface area contributed by atoms with E-state index < -0.39 is 12.2 Å². The van der Waals surface area contributed by atoms with E-state index in [0.717, 1.165) is 10.8 Å². The Morgan fingerprint density at radius 3 is 2.56 bits per heavy atom. The number of rotatable bonds is 4. The van der Waals surface area contributed by atoms with Crippen LogP contribution in [0.2, 0.25) is 0 Å². The quantitative estimate of drug-likeness (QED) is 0.738. The lowest BCUT2D eigenvalue weighted by Gasteiger charge is -2.19. The van der Waals surface area contributed by atoms with Crippen LogP contribution in [-0.2, 0) is 0 Å². The summed E-state index contributed by atoms with van der Waals surface area (Å²) < 4.78 is 0. The summed E-state index contributed by atoms with van der Waals surface area (Å²) in [5.41, 5.74) is 6.35. The largest absolute Gasteiger partial charge is 0.390 e.